The number of halogens is 2. The molecule has 0 atom stereocenters. The molecule has 4 rings (SSSR count). The molecule has 0 aliphatic heterocycles. The molecule has 0 aliphatic carbocycles. The Labute approximate surface area is 195 Å². The number of hydrogen-bond donors (Lipinski definition) is 2. The van der Waals surface area contributed by atoms with E-state index in [2.05, 4.69) is 25.0 Å². The summed E-state index contributed by atoms with van der Waals surface area (Å²) >= 11 is 0. The summed E-state index contributed by atoms with van der Waals surface area (Å²) in [6, 6.07) is 10.9. The third kappa shape index (κ3) is 4.74. The highest BCUT2D eigenvalue weighted by molar-refractivity contribution is 7.92. The van der Waals surface area contributed by atoms with E-state index < -0.39 is 27.3 Å². The number of benzene rings is 2. The van der Waals surface area contributed by atoms with Crippen LogP contribution in [0, 0.1) is 11.6 Å². The molecule has 0 saturated heterocycles. The Morgan fingerprint density at radius 3 is 2.65 bits per heavy atom. The van der Waals surface area contributed by atoms with Crippen molar-refractivity contribution in [1.29, 1.82) is 0 Å². The predicted octanol–water partition coefficient (Wildman–Crippen LogP) is 4.87. The largest absolute Gasteiger partial charge is 0.481 e. The monoisotopic (exact) mass is 485 g/mol. The number of sulfonamides is 1. The Hall–Kier alpha value is -3.86. The van der Waals surface area contributed by atoms with Gasteiger partial charge in [0.05, 0.1) is 24.1 Å². The molecule has 0 amide bonds. The van der Waals surface area contributed by atoms with Gasteiger partial charge in [-0.1, -0.05) is 13.0 Å². The molecular formula is C23H21F2N5O3S. The molecule has 0 bridgehead atoms. The third-order valence-corrected chi connectivity index (χ3v) is 6.46. The summed E-state index contributed by atoms with van der Waals surface area (Å²) in [4.78, 5) is 12.6. The minimum absolute atomic E-state index is 0.140. The fourth-order valence-corrected chi connectivity index (χ4v) is 4.58. The van der Waals surface area contributed by atoms with E-state index >= 15 is 4.39 Å². The number of fused-ring (bicyclic) bond motifs is 1. The molecule has 2 aromatic heterocycles. The number of ether oxygens (including phenoxy) is 1. The number of aromatic nitrogens is 3. The van der Waals surface area contributed by atoms with Crippen LogP contribution >= 0.6 is 0 Å². The second-order valence-electron chi connectivity index (χ2n) is 7.34. The zero-order valence-corrected chi connectivity index (χ0v) is 19.2. The molecule has 0 aliphatic rings. The number of pyridine rings is 1. The molecule has 8 nitrogen and oxygen atoms in total. The normalized spacial score (nSPS) is 11.4. The Kier molecular flexibility index (Phi) is 6.55. The highest BCUT2D eigenvalue weighted by Crippen LogP contribution is 2.34. The van der Waals surface area contributed by atoms with Crippen LogP contribution in [0.25, 0.3) is 22.0 Å². The van der Waals surface area contributed by atoms with E-state index in [1.807, 2.05) is 12.1 Å². The number of rotatable bonds is 8. The van der Waals surface area contributed by atoms with E-state index in [4.69, 9.17) is 4.74 Å². The number of anilines is 3. The second kappa shape index (κ2) is 9.56. The fraction of sp³-hybridized carbons (Fsp3) is 0.174. The summed E-state index contributed by atoms with van der Waals surface area (Å²) in [5.41, 5.74) is 1.07. The van der Waals surface area contributed by atoms with Crippen LogP contribution in [-0.4, -0.2) is 36.2 Å². The van der Waals surface area contributed by atoms with Crippen molar-refractivity contribution in [2.24, 2.45) is 0 Å². The van der Waals surface area contributed by atoms with Crippen LogP contribution in [0.4, 0.5) is 26.0 Å². The molecule has 176 valence electrons. The highest BCUT2D eigenvalue weighted by atomic mass is 32.2. The Morgan fingerprint density at radius 2 is 1.88 bits per heavy atom. The van der Waals surface area contributed by atoms with E-state index in [0.29, 0.717) is 28.8 Å². The van der Waals surface area contributed by atoms with Gasteiger partial charge in [0, 0.05) is 17.1 Å². The highest BCUT2D eigenvalue weighted by Gasteiger charge is 2.19. The van der Waals surface area contributed by atoms with Crippen molar-refractivity contribution in [2.75, 3.05) is 22.9 Å². The standard InChI is InChI=1S/C23H21F2N5O3S/c1-3-11-34(31,32)30-19-9-7-17(24)21(20(19)25)29-22-16-12-14(6-8-18(16)27-13-28-22)15-5-4-10-26-23(15)33-2/h4-10,12-13,30H,3,11H2,1-2H3,(H,27,28,29). The molecule has 0 saturated carbocycles. The van der Waals surface area contributed by atoms with Crippen molar-refractivity contribution < 1.29 is 21.9 Å². The van der Waals surface area contributed by atoms with Gasteiger partial charge in [0.1, 0.15) is 23.6 Å². The Balaban J connectivity index is 1.77. The zero-order chi connectivity index (χ0) is 24.3. The van der Waals surface area contributed by atoms with E-state index in [1.54, 1.807) is 31.3 Å². The molecule has 2 N–H and O–H groups in total. The Morgan fingerprint density at radius 1 is 1.06 bits per heavy atom. The predicted molar refractivity (Wildman–Crippen MR) is 127 cm³/mol. The van der Waals surface area contributed by atoms with Gasteiger partial charge in [0.25, 0.3) is 0 Å². The fourth-order valence-electron chi connectivity index (χ4n) is 3.45. The molecule has 2 heterocycles. The lowest BCUT2D eigenvalue weighted by molar-refractivity contribution is 0.399. The van der Waals surface area contributed by atoms with Gasteiger partial charge in [0.15, 0.2) is 5.82 Å². The SMILES string of the molecule is CCCS(=O)(=O)Nc1ccc(F)c(Nc2ncnc3ccc(-c4cccnc4OC)cc23)c1F. The topological polar surface area (TPSA) is 106 Å². The summed E-state index contributed by atoms with van der Waals surface area (Å²) < 4.78 is 61.4. The maximum absolute atomic E-state index is 15.1. The molecular weight excluding hydrogens is 464 g/mol. The second-order valence-corrected chi connectivity index (χ2v) is 9.19. The number of nitrogens with one attached hydrogen (secondary N) is 2. The van der Waals surface area contributed by atoms with Gasteiger partial charge in [-0.15, -0.1) is 0 Å². The van der Waals surface area contributed by atoms with Gasteiger partial charge in [0.2, 0.25) is 15.9 Å². The first-order chi connectivity index (χ1) is 16.3. The van der Waals surface area contributed by atoms with Crippen LogP contribution in [0.3, 0.4) is 0 Å². The lowest BCUT2D eigenvalue weighted by Gasteiger charge is -2.14. The van der Waals surface area contributed by atoms with Crippen LogP contribution in [0.5, 0.6) is 5.88 Å². The first-order valence-corrected chi connectivity index (χ1v) is 12.0. The van der Waals surface area contributed by atoms with Gasteiger partial charge in [-0.2, -0.15) is 0 Å². The van der Waals surface area contributed by atoms with Crippen molar-refractivity contribution in [1.82, 2.24) is 15.0 Å². The van der Waals surface area contributed by atoms with Gasteiger partial charge < -0.3 is 10.1 Å². The summed E-state index contributed by atoms with van der Waals surface area (Å²) in [6.07, 6.45) is 3.21. The van der Waals surface area contributed by atoms with Crippen molar-refractivity contribution in [2.45, 2.75) is 13.3 Å². The van der Waals surface area contributed by atoms with Crippen LogP contribution in [-0.2, 0) is 10.0 Å². The molecule has 0 unspecified atom stereocenters. The molecule has 2 aromatic carbocycles. The smallest absolute Gasteiger partial charge is 0.232 e. The van der Waals surface area contributed by atoms with Crippen LogP contribution in [0.15, 0.2) is 55.0 Å². The molecule has 34 heavy (non-hydrogen) atoms. The van der Waals surface area contributed by atoms with Gasteiger partial charge >= 0.3 is 0 Å². The lowest BCUT2D eigenvalue weighted by Crippen LogP contribution is -2.17. The first kappa shape index (κ1) is 23.3. The maximum Gasteiger partial charge on any atom is 0.232 e. The molecule has 4 aromatic rings. The number of nitrogens with zero attached hydrogens (tertiary/aromatic N) is 3. The average molecular weight is 486 g/mol. The van der Waals surface area contributed by atoms with E-state index in [1.165, 1.54) is 13.4 Å². The van der Waals surface area contributed by atoms with Crippen LogP contribution in [0.2, 0.25) is 0 Å². The summed E-state index contributed by atoms with van der Waals surface area (Å²) in [6.45, 7) is 1.68. The van der Waals surface area contributed by atoms with E-state index in [9.17, 15) is 12.8 Å². The Bertz CT molecular complexity index is 1460. The summed E-state index contributed by atoms with van der Waals surface area (Å²) in [5.74, 6) is -1.63. The zero-order valence-electron chi connectivity index (χ0n) is 18.3. The molecule has 0 spiro atoms. The van der Waals surface area contributed by atoms with Gasteiger partial charge in [-0.3, -0.25) is 4.72 Å². The average Bonchev–Trinajstić information content (AvgIpc) is 2.83. The number of hydrogen-bond acceptors (Lipinski definition) is 7. The summed E-state index contributed by atoms with van der Waals surface area (Å²) in [5, 5.41) is 3.15. The summed E-state index contributed by atoms with van der Waals surface area (Å²) in [7, 11) is -2.26. The number of methoxy groups -OCH3 is 1. The van der Waals surface area contributed by atoms with Crippen molar-refractivity contribution in [3.63, 3.8) is 0 Å². The van der Waals surface area contributed by atoms with E-state index in [-0.39, 0.29) is 17.3 Å². The molecule has 0 radical (unpaired) electrons. The minimum atomic E-state index is -3.77. The van der Waals surface area contributed by atoms with Gasteiger partial charge in [-0.05, 0) is 48.4 Å². The van der Waals surface area contributed by atoms with Gasteiger partial charge in [-0.25, -0.2) is 32.2 Å². The quantitative estimate of drug-likeness (QED) is 0.367. The van der Waals surface area contributed by atoms with E-state index in [0.717, 1.165) is 17.7 Å². The molecule has 11 heteroatoms. The first-order valence-electron chi connectivity index (χ1n) is 10.3. The lowest BCUT2D eigenvalue weighted by atomic mass is 10.0. The van der Waals surface area contributed by atoms with Crippen molar-refractivity contribution in [3.05, 3.63) is 66.6 Å². The van der Waals surface area contributed by atoms with Crippen molar-refractivity contribution in [3.8, 4) is 17.0 Å². The maximum atomic E-state index is 15.1. The minimum Gasteiger partial charge on any atom is -0.481 e. The third-order valence-electron chi connectivity index (χ3n) is 4.98. The van der Waals surface area contributed by atoms with Crippen LogP contribution < -0.4 is 14.8 Å². The van der Waals surface area contributed by atoms with Crippen LogP contribution in [0.1, 0.15) is 13.3 Å². The molecule has 0 fully saturated rings. The van der Waals surface area contributed by atoms with Crippen molar-refractivity contribution >= 4 is 38.1 Å².